The van der Waals surface area contributed by atoms with Gasteiger partial charge in [0.2, 0.25) is 5.91 Å². The minimum atomic E-state index is -0.449. The van der Waals surface area contributed by atoms with E-state index in [2.05, 4.69) is 23.8 Å². The summed E-state index contributed by atoms with van der Waals surface area (Å²) in [6.07, 6.45) is 3.71. The van der Waals surface area contributed by atoms with Gasteiger partial charge in [-0.15, -0.1) is 6.58 Å². The van der Waals surface area contributed by atoms with E-state index in [0.717, 1.165) is 13.0 Å². The fourth-order valence-electron chi connectivity index (χ4n) is 3.97. The summed E-state index contributed by atoms with van der Waals surface area (Å²) in [7, 11) is 2.06. The van der Waals surface area contributed by atoms with Crippen molar-refractivity contribution in [3.05, 3.63) is 42.7 Å². The van der Waals surface area contributed by atoms with E-state index in [0.29, 0.717) is 39.0 Å². The number of halogens is 1. The molecule has 1 atom stereocenters. The Labute approximate surface area is 159 Å². The van der Waals surface area contributed by atoms with Gasteiger partial charge in [0.1, 0.15) is 5.82 Å². The molecule has 2 fully saturated rings. The van der Waals surface area contributed by atoms with E-state index in [-0.39, 0.29) is 23.2 Å². The first-order valence-corrected chi connectivity index (χ1v) is 9.35. The van der Waals surface area contributed by atoms with Crippen molar-refractivity contribution < 1.29 is 14.0 Å². The Hall–Kier alpha value is -2.41. The normalized spacial score (nSPS) is 24.0. The molecule has 0 aliphatic carbocycles. The van der Waals surface area contributed by atoms with E-state index >= 15 is 0 Å². The molecule has 0 unspecified atom stereocenters. The van der Waals surface area contributed by atoms with Crippen molar-refractivity contribution >= 4 is 17.6 Å². The van der Waals surface area contributed by atoms with Crippen molar-refractivity contribution in [1.82, 2.24) is 14.7 Å². The van der Waals surface area contributed by atoms with Gasteiger partial charge in [0.05, 0.1) is 5.69 Å². The predicted octanol–water partition coefficient (Wildman–Crippen LogP) is 2.54. The summed E-state index contributed by atoms with van der Waals surface area (Å²) in [5.74, 6) is -0.317. The number of benzene rings is 1. The number of hydrogen-bond donors (Lipinski definition) is 1. The Morgan fingerprint density at radius 1 is 1.30 bits per heavy atom. The molecule has 27 heavy (non-hydrogen) atoms. The molecule has 2 saturated heterocycles. The van der Waals surface area contributed by atoms with Crippen LogP contribution in [-0.4, -0.2) is 71.9 Å². The highest BCUT2D eigenvalue weighted by molar-refractivity contribution is 5.89. The second-order valence-electron chi connectivity index (χ2n) is 7.36. The molecule has 3 amide bonds. The molecule has 2 aliphatic heterocycles. The third-order valence-corrected chi connectivity index (χ3v) is 5.76. The molecule has 1 aromatic rings. The number of urea groups is 1. The standard InChI is InChI=1S/C20H27FN4O2/c1-3-11-24-12-10-20(9-8-18(24)26)15-25(14-13-23(20)2)19(27)22-17-7-5-4-6-16(17)21/h3-7H,1,8-15H2,2H3,(H,22,27)/t20-/m0/s1. The number of nitrogens with zero attached hydrogens (tertiary/aromatic N) is 3. The van der Waals surface area contributed by atoms with Crippen LogP contribution in [0.4, 0.5) is 14.9 Å². The Bertz CT molecular complexity index is 726. The molecule has 2 aliphatic rings. The van der Waals surface area contributed by atoms with Crippen LogP contribution in [0.2, 0.25) is 0 Å². The SMILES string of the molecule is C=CCN1CC[C@@]2(CCC1=O)CN(C(=O)Nc1ccccc1F)CCN2C. The fraction of sp³-hybridized carbons (Fsp3) is 0.500. The minimum Gasteiger partial charge on any atom is -0.339 e. The van der Waals surface area contributed by atoms with Crippen LogP contribution in [0.15, 0.2) is 36.9 Å². The van der Waals surface area contributed by atoms with Crippen molar-refractivity contribution in [3.8, 4) is 0 Å². The van der Waals surface area contributed by atoms with Crippen molar-refractivity contribution in [2.75, 3.05) is 45.1 Å². The molecule has 7 heteroatoms. The molecule has 1 N–H and O–H groups in total. The summed E-state index contributed by atoms with van der Waals surface area (Å²) >= 11 is 0. The second-order valence-corrected chi connectivity index (χ2v) is 7.36. The number of nitrogens with one attached hydrogen (secondary N) is 1. The topological polar surface area (TPSA) is 55.9 Å². The zero-order chi connectivity index (χ0) is 19.4. The van der Waals surface area contributed by atoms with E-state index in [9.17, 15) is 14.0 Å². The maximum atomic E-state index is 13.8. The first-order chi connectivity index (χ1) is 12.9. The van der Waals surface area contributed by atoms with E-state index in [4.69, 9.17) is 0 Å². The quantitative estimate of drug-likeness (QED) is 0.828. The van der Waals surface area contributed by atoms with Gasteiger partial charge in [-0.1, -0.05) is 18.2 Å². The van der Waals surface area contributed by atoms with Crippen LogP contribution in [0.3, 0.4) is 0 Å². The average molecular weight is 374 g/mol. The summed E-state index contributed by atoms with van der Waals surface area (Å²) in [6.45, 7) is 6.75. The van der Waals surface area contributed by atoms with Gasteiger partial charge in [0.15, 0.2) is 0 Å². The number of carbonyl (C=O) groups excluding carboxylic acids is 2. The highest BCUT2D eigenvalue weighted by Gasteiger charge is 2.43. The number of amides is 3. The summed E-state index contributed by atoms with van der Waals surface area (Å²) in [6, 6.07) is 5.86. The lowest BCUT2D eigenvalue weighted by Crippen LogP contribution is -2.62. The Kier molecular flexibility index (Phi) is 5.79. The molecule has 0 saturated carbocycles. The van der Waals surface area contributed by atoms with Gasteiger partial charge in [-0.2, -0.15) is 0 Å². The molecule has 1 aromatic carbocycles. The Morgan fingerprint density at radius 3 is 2.81 bits per heavy atom. The summed E-state index contributed by atoms with van der Waals surface area (Å²) in [4.78, 5) is 30.9. The molecule has 146 valence electrons. The highest BCUT2D eigenvalue weighted by Crippen LogP contribution is 2.32. The zero-order valence-electron chi connectivity index (χ0n) is 15.8. The van der Waals surface area contributed by atoms with Gasteiger partial charge in [-0.3, -0.25) is 9.69 Å². The Balaban J connectivity index is 1.72. The number of hydrogen-bond acceptors (Lipinski definition) is 3. The number of para-hydroxylation sites is 1. The van der Waals surface area contributed by atoms with Gasteiger partial charge < -0.3 is 15.1 Å². The van der Waals surface area contributed by atoms with E-state index < -0.39 is 5.82 Å². The summed E-state index contributed by atoms with van der Waals surface area (Å²) in [5, 5.41) is 2.67. The van der Waals surface area contributed by atoms with Crippen LogP contribution < -0.4 is 5.32 Å². The third kappa shape index (κ3) is 4.13. The van der Waals surface area contributed by atoms with Crippen LogP contribution in [0.25, 0.3) is 0 Å². The summed E-state index contributed by atoms with van der Waals surface area (Å²) in [5.41, 5.74) is -0.0557. The molecule has 2 heterocycles. The monoisotopic (exact) mass is 374 g/mol. The molecule has 0 radical (unpaired) electrons. The lowest BCUT2D eigenvalue weighted by molar-refractivity contribution is -0.130. The number of anilines is 1. The van der Waals surface area contributed by atoms with Crippen molar-refractivity contribution in [2.45, 2.75) is 24.8 Å². The fourth-order valence-corrected chi connectivity index (χ4v) is 3.97. The zero-order valence-corrected chi connectivity index (χ0v) is 15.8. The largest absolute Gasteiger partial charge is 0.339 e. The molecular formula is C20H27FN4O2. The van der Waals surface area contributed by atoms with Crippen molar-refractivity contribution in [2.24, 2.45) is 0 Å². The number of rotatable bonds is 3. The first kappa shape index (κ1) is 19.4. The van der Waals surface area contributed by atoms with Gasteiger partial charge in [0, 0.05) is 44.7 Å². The number of carbonyl (C=O) groups is 2. The van der Waals surface area contributed by atoms with Gasteiger partial charge >= 0.3 is 6.03 Å². The van der Waals surface area contributed by atoms with E-state index in [1.807, 2.05) is 4.90 Å². The molecular weight excluding hydrogens is 347 g/mol. The minimum absolute atomic E-state index is 0.133. The maximum Gasteiger partial charge on any atom is 0.322 e. The maximum absolute atomic E-state index is 13.8. The number of likely N-dealkylation sites (N-methyl/N-ethyl adjacent to an activating group) is 1. The van der Waals surface area contributed by atoms with Crippen molar-refractivity contribution in [3.63, 3.8) is 0 Å². The molecule has 1 spiro atoms. The summed E-state index contributed by atoms with van der Waals surface area (Å²) < 4.78 is 13.8. The first-order valence-electron chi connectivity index (χ1n) is 9.35. The molecule has 0 aromatic heterocycles. The third-order valence-electron chi connectivity index (χ3n) is 5.76. The highest BCUT2D eigenvalue weighted by atomic mass is 19.1. The van der Waals surface area contributed by atoms with Crippen LogP contribution in [0.5, 0.6) is 0 Å². The lowest BCUT2D eigenvalue weighted by Gasteiger charge is -2.49. The second kappa shape index (κ2) is 8.08. The Morgan fingerprint density at radius 2 is 2.07 bits per heavy atom. The van der Waals surface area contributed by atoms with Gasteiger partial charge in [0.25, 0.3) is 0 Å². The van der Waals surface area contributed by atoms with Gasteiger partial charge in [-0.25, -0.2) is 9.18 Å². The van der Waals surface area contributed by atoms with Crippen LogP contribution >= 0.6 is 0 Å². The smallest absolute Gasteiger partial charge is 0.322 e. The lowest BCUT2D eigenvalue weighted by atomic mass is 9.86. The number of likely N-dealkylation sites (tertiary alicyclic amines) is 1. The van der Waals surface area contributed by atoms with Crippen LogP contribution in [-0.2, 0) is 4.79 Å². The average Bonchev–Trinajstić information content (AvgIpc) is 2.81. The molecule has 6 nitrogen and oxygen atoms in total. The van der Waals surface area contributed by atoms with E-state index in [1.54, 1.807) is 29.2 Å². The molecule has 0 bridgehead atoms. The van der Waals surface area contributed by atoms with Crippen LogP contribution in [0.1, 0.15) is 19.3 Å². The van der Waals surface area contributed by atoms with Gasteiger partial charge in [-0.05, 0) is 32.0 Å². The molecule has 3 rings (SSSR count). The van der Waals surface area contributed by atoms with E-state index in [1.165, 1.54) is 6.07 Å². The van der Waals surface area contributed by atoms with Crippen LogP contribution in [0, 0.1) is 5.82 Å². The van der Waals surface area contributed by atoms with Crippen molar-refractivity contribution in [1.29, 1.82) is 0 Å². The number of piperazine rings is 1. The predicted molar refractivity (Wildman–Crippen MR) is 103 cm³/mol.